The van der Waals surface area contributed by atoms with Gasteiger partial charge in [0.1, 0.15) is 0 Å². The Morgan fingerprint density at radius 2 is 2.05 bits per heavy atom. The highest BCUT2D eigenvalue weighted by Gasteiger charge is 2.24. The van der Waals surface area contributed by atoms with Crippen LogP contribution in [0.5, 0.6) is 0 Å². The summed E-state index contributed by atoms with van der Waals surface area (Å²) >= 11 is 0. The van der Waals surface area contributed by atoms with Crippen LogP contribution in [0.4, 0.5) is 5.69 Å². The van der Waals surface area contributed by atoms with Gasteiger partial charge in [-0.3, -0.25) is 9.69 Å². The zero-order valence-electron chi connectivity index (χ0n) is 13.1. The van der Waals surface area contributed by atoms with Crippen molar-refractivity contribution in [2.24, 2.45) is 0 Å². The van der Waals surface area contributed by atoms with Gasteiger partial charge in [-0.05, 0) is 44.5 Å². The molecule has 1 rings (SSSR count). The minimum atomic E-state index is -0.406. The Kier molecular flexibility index (Phi) is 5.72. The summed E-state index contributed by atoms with van der Waals surface area (Å²) in [5.74, 6) is 0.359. The van der Waals surface area contributed by atoms with Crippen LogP contribution >= 0.6 is 0 Å². The molecule has 0 spiro atoms. The van der Waals surface area contributed by atoms with Crippen LogP contribution in [0.1, 0.15) is 39.2 Å². The molecule has 2 N–H and O–H groups in total. The summed E-state index contributed by atoms with van der Waals surface area (Å²) in [5.41, 5.74) is 1.61. The SMILES string of the molecule is CC(C)c1cccc(NC(=O)CN(C)C(C)(C)CO)c1. The maximum Gasteiger partial charge on any atom is 0.238 e. The fraction of sp³-hybridized carbons (Fsp3) is 0.562. The largest absolute Gasteiger partial charge is 0.394 e. The zero-order valence-corrected chi connectivity index (χ0v) is 13.1. The van der Waals surface area contributed by atoms with Crippen molar-refractivity contribution < 1.29 is 9.90 Å². The molecule has 0 atom stereocenters. The number of hydrogen-bond acceptors (Lipinski definition) is 3. The number of carbonyl (C=O) groups is 1. The molecule has 112 valence electrons. The second kappa shape index (κ2) is 6.86. The number of amides is 1. The summed E-state index contributed by atoms with van der Waals surface area (Å²) in [4.78, 5) is 13.9. The van der Waals surface area contributed by atoms with E-state index < -0.39 is 5.54 Å². The lowest BCUT2D eigenvalue weighted by Gasteiger charge is -2.33. The summed E-state index contributed by atoms with van der Waals surface area (Å²) in [6.45, 7) is 8.31. The van der Waals surface area contributed by atoms with Gasteiger partial charge in [-0.15, -0.1) is 0 Å². The third-order valence-corrected chi connectivity index (χ3v) is 3.64. The van der Waals surface area contributed by atoms with Gasteiger partial charge in [0.15, 0.2) is 0 Å². The fourth-order valence-corrected chi connectivity index (χ4v) is 1.73. The van der Waals surface area contributed by atoms with E-state index in [1.165, 1.54) is 5.56 Å². The lowest BCUT2D eigenvalue weighted by Crippen LogP contribution is -2.47. The molecular weight excluding hydrogens is 252 g/mol. The standard InChI is InChI=1S/C16H26N2O2/c1-12(2)13-7-6-8-14(9-13)17-15(20)10-18(5)16(3,4)11-19/h6-9,12,19H,10-11H2,1-5H3,(H,17,20). The summed E-state index contributed by atoms with van der Waals surface area (Å²) in [6, 6.07) is 7.90. The molecular formula is C16H26N2O2. The molecule has 0 aliphatic rings. The van der Waals surface area contributed by atoms with E-state index in [2.05, 4.69) is 25.2 Å². The molecule has 0 saturated carbocycles. The first-order valence-corrected chi connectivity index (χ1v) is 6.98. The molecule has 0 aliphatic heterocycles. The topological polar surface area (TPSA) is 52.6 Å². The van der Waals surface area contributed by atoms with E-state index in [0.29, 0.717) is 5.92 Å². The van der Waals surface area contributed by atoms with E-state index in [1.807, 2.05) is 44.0 Å². The summed E-state index contributed by atoms with van der Waals surface area (Å²) in [6.07, 6.45) is 0. The summed E-state index contributed by atoms with van der Waals surface area (Å²) in [7, 11) is 1.83. The molecule has 0 unspecified atom stereocenters. The minimum absolute atomic E-state index is 0.0135. The number of benzene rings is 1. The maximum absolute atomic E-state index is 12.0. The third kappa shape index (κ3) is 4.62. The van der Waals surface area contributed by atoms with Crippen LogP contribution < -0.4 is 5.32 Å². The van der Waals surface area contributed by atoms with Gasteiger partial charge >= 0.3 is 0 Å². The van der Waals surface area contributed by atoms with Crippen LogP contribution in [0.25, 0.3) is 0 Å². The number of likely N-dealkylation sites (N-methyl/N-ethyl adjacent to an activating group) is 1. The summed E-state index contributed by atoms with van der Waals surface area (Å²) < 4.78 is 0. The van der Waals surface area contributed by atoms with E-state index in [0.717, 1.165) is 5.69 Å². The molecule has 20 heavy (non-hydrogen) atoms. The molecule has 0 fully saturated rings. The van der Waals surface area contributed by atoms with Crippen LogP contribution in [0.3, 0.4) is 0 Å². The number of aliphatic hydroxyl groups is 1. The van der Waals surface area contributed by atoms with Gasteiger partial charge in [0.05, 0.1) is 13.2 Å². The van der Waals surface area contributed by atoms with Crippen molar-refractivity contribution in [3.8, 4) is 0 Å². The van der Waals surface area contributed by atoms with Crippen molar-refractivity contribution in [3.63, 3.8) is 0 Å². The normalized spacial score (nSPS) is 12.0. The zero-order chi connectivity index (χ0) is 15.3. The highest BCUT2D eigenvalue weighted by molar-refractivity contribution is 5.92. The first-order valence-electron chi connectivity index (χ1n) is 6.98. The highest BCUT2D eigenvalue weighted by Crippen LogP contribution is 2.18. The summed E-state index contributed by atoms with van der Waals surface area (Å²) in [5, 5.41) is 12.2. The van der Waals surface area contributed by atoms with Gasteiger partial charge in [-0.25, -0.2) is 0 Å². The van der Waals surface area contributed by atoms with Crippen molar-refractivity contribution in [3.05, 3.63) is 29.8 Å². The first kappa shape index (κ1) is 16.7. The van der Waals surface area contributed by atoms with Crippen molar-refractivity contribution in [1.29, 1.82) is 0 Å². The monoisotopic (exact) mass is 278 g/mol. The molecule has 1 aromatic carbocycles. The highest BCUT2D eigenvalue weighted by atomic mass is 16.3. The Hall–Kier alpha value is -1.39. The number of hydrogen-bond donors (Lipinski definition) is 2. The number of nitrogens with one attached hydrogen (secondary N) is 1. The molecule has 0 aliphatic carbocycles. The second-order valence-electron chi connectivity index (χ2n) is 6.15. The van der Waals surface area contributed by atoms with Crippen molar-refractivity contribution in [2.75, 3.05) is 25.5 Å². The Morgan fingerprint density at radius 1 is 1.40 bits per heavy atom. The maximum atomic E-state index is 12.0. The molecule has 4 nitrogen and oxygen atoms in total. The Balaban J connectivity index is 2.65. The molecule has 1 aromatic rings. The number of rotatable bonds is 6. The Labute approximate surface area is 121 Å². The molecule has 0 radical (unpaired) electrons. The third-order valence-electron chi connectivity index (χ3n) is 3.64. The van der Waals surface area contributed by atoms with Crippen LogP contribution in [0.2, 0.25) is 0 Å². The average Bonchev–Trinajstić information content (AvgIpc) is 2.38. The van der Waals surface area contributed by atoms with Crippen molar-refractivity contribution >= 4 is 11.6 Å². The lowest BCUT2D eigenvalue weighted by molar-refractivity contribution is -0.118. The van der Waals surface area contributed by atoms with Crippen molar-refractivity contribution in [2.45, 2.75) is 39.2 Å². The average molecular weight is 278 g/mol. The molecule has 0 heterocycles. The lowest BCUT2D eigenvalue weighted by atomic mass is 10.0. The van der Waals surface area contributed by atoms with E-state index in [1.54, 1.807) is 0 Å². The predicted octanol–water partition coefficient (Wildman–Crippen LogP) is 2.45. The van der Waals surface area contributed by atoms with E-state index >= 15 is 0 Å². The molecule has 4 heteroatoms. The van der Waals surface area contributed by atoms with Crippen molar-refractivity contribution in [1.82, 2.24) is 4.90 Å². The van der Waals surface area contributed by atoms with Gasteiger partial charge in [0.2, 0.25) is 5.91 Å². The van der Waals surface area contributed by atoms with Gasteiger partial charge in [-0.2, -0.15) is 0 Å². The fourth-order valence-electron chi connectivity index (χ4n) is 1.73. The van der Waals surface area contributed by atoms with Gasteiger partial charge in [0.25, 0.3) is 0 Å². The van der Waals surface area contributed by atoms with Gasteiger partial charge in [0, 0.05) is 11.2 Å². The van der Waals surface area contributed by atoms with Crippen LogP contribution in [0, 0.1) is 0 Å². The molecule has 0 bridgehead atoms. The first-order chi connectivity index (χ1) is 9.26. The van der Waals surface area contributed by atoms with Crippen LogP contribution in [-0.4, -0.2) is 41.7 Å². The Morgan fingerprint density at radius 3 is 2.60 bits per heavy atom. The molecule has 0 aromatic heterocycles. The van der Waals surface area contributed by atoms with Gasteiger partial charge in [-0.1, -0.05) is 26.0 Å². The second-order valence-corrected chi connectivity index (χ2v) is 6.15. The number of nitrogens with zero attached hydrogens (tertiary/aromatic N) is 1. The quantitative estimate of drug-likeness (QED) is 0.840. The van der Waals surface area contributed by atoms with E-state index in [9.17, 15) is 9.90 Å². The van der Waals surface area contributed by atoms with E-state index in [-0.39, 0.29) is 19.1 Å². The van der Waals surface area contributed by atoms with Crippen LogP contribution in [0.15, 0.2) is 24.3 Å². The Bertz CT molecular complexity index is 456. The number of carbonyl (C=O) groups excluding carboxylic acids is 1. The molecule has 0 saturated heterocycles. The molecule has 1 amide bonds. The van der Waals surface area contributed by atoms with E-state index in [4.69, 9.17) is 0 Å². The van der Waals surface area contributed by atoms with Gasteiger partial charge < -0.3 is 10.4 Å². The minimum Gasteiger partial charge on any atom is -0.394 e. The smallest absolute Gasteiger partial charge is 0.238 e. The number of aliphatic hydroxyl groups excluding tert-OH is 1. The van der Waals surface area contributed by atoms with Crippen LogP contribution in [-0.2, 0) is 4.79 Å². The number of anilines is 1. The predicted molar refractivity (Wildman–Crippen MR) is 83.0 cm³/mol.